The molecule has 3 rings (SSSR count). The Balaban J connectivity index is 2.08. The summed E-state index contributed by atoms with van der Waals surface area (Å²) >= 11 is 0. The van der Waals surface area contributed by atoms with Crippen LogP contribution in [0.2, 0.25) is 0 Å². The normalized spacial score (nSPS) is 19.2. The quantitative estimate of drug-likeness (QED) is 0.479. The number of hydrogen-bond donors (Lipinski definition) is 2. The van der Waals surface area contributed by atoms with E-state index in [1.54, 1.807) is 0 Å². The predicted molar refractivity (Wildman–Crippen MR) is 70.3 cm³/mol. The zero-order valence-electron chi connectivity index (χ0n) is 10.6. The highest BCUT2D eigenvalue weighted by Gasteiger charge is 2.25. The van der Waals surface area contributed by atoms with Gasteiger partial charge in [0.25, 0.3) is 5.56 Å². The van der Waals surface area contributed by atoms with Crippen LogP contribution in [0.3, 0.4) is 0 Å². The lowest BCUT2D eigenvalue weighted by Crippen LogP contribution is -2.31. The maximum atomic E-state index is 12.3. The van der Waals surface area contributed by atoms with E-state index in [9.17, 15) is 4.79 Å². The Kier molecular flexibility index (Phi) is 3.07. The Morgan fingerprint density at radius 3 is 2.78 bits per heavy atom. The summed E-state index contributed by atoms with van der Waals surface area (Å²) in [4.78, 5) is 16.7. The molecule has 0 atom stereocenters. The van der Waals surface area contributed by atoms with Crippen molar-refractivity contribution in [3.05, 3.63) is 21.7 Å². The van der Waals surface area contributed by atoms with E-state index in [1.165, 1.54) is 19.3 Å². The summed E-state index contributed by atoms with van der Waals surface area (Å²) in [5.41, 5.74) is 4.63. The van der Waals surface area contributed by atoms with Crippen molar-refractivity contribution in [3.8, 4) is 0 Å². The van der Waals surface area contributed by atoms with Gasteiger partial charge < -0.3 is 9.99 Å². The zero-order chi connectivity index (χ0) is 12.5. The topological polar surface area (TPSA) is 72.9 Å². The van der Waals surface area contributed by atoms with E-state index < -0.39 is 0 Å². The molecule has 0 bridgehead atoms. The second-order valence-corrected chi connectivity index (χ2v) is 5.42. The van der Waals surface area contributed by atoms with Crippen LogP contribution in [0, 0.1) is 5.92 Å². The fourth-order valence-corrected chi connectivity index (χ4v) is 2.74. The van der Waals surface area contributed by atoms with Crippen LogP contribution >= 0.6 is 0 Å². The number of hydrazine groups is 1. The molecule has 0 unspecified atom stereocenters. The first-order valence-electron chi connectivity index (χ1n) is 6.89. The van der Waals surface area contributed by atoms with Crippen LogP contribution < -0.4 is 16.8 Å². The lowest BCUT2D eigenvalue weighted by Gasteiger charge is -2.16. The fraction of sp³-hybridized carbons (Fsp3) is 0.692. The predicted octanol–water partition coefficient (Wildman–Crippen LogP) is 1.21. The summed E-state index contributed by atoms with van der Waals surface area (Å²) in [6, 6.07) is 0. The third-order valence-electron chi connectivity index (χ3n) is 3.95. The molecule has 0 spiro atoms. The fourth-order valence-electron chi connectivity index (χ4n) is 2.74. The second kappa shape index (κ2) is 4.72. The van der Waals surface area contributed by atoms with E-state index in [4.69, 9.17) is 5.84 Å². The van der Waals surface area contributed by atoms with E-state index in [2.05, 4.69) is 10.4 Å². The maximum Gasteiger partial charge on any atom is 0.294 e. The second-order valence-electron chi connectivity index (χ2n) is 5.42. The molecule has 0 aliphatic heterocycles. The largest absolute Gasteiger partial charge is 0.307 e. The maximum absolute atomic E-state index is 12.3. The van der Waals surface area contributed by atoms with Crippen molar-refractivity contribution in [1.82, 2.24) is 9.55 Å². The van der Waals surface area contributed by atoms with Gasteiger partial charge in [0, 0.05) is 12.2 Å². The van der Waals surface area contributed by atoms with Crippen LogP contribution in [0.1, 0.15) is 43.5 Å². The number of aromatic nitrogens is 2. The van der Waals surface area contributed by atoms with Crippen LogP contribution in [0.4, 0.5) is 5.82 Å². The van der Waals surface area contributed by atoms with Crippen molar-refractivity contribution in [3.63, 3.8) is 0 Å². The first-order chi connectivity index (χ1) is 8.79. The standard InChI is InChI=1S/C13H20N4O/c14-16-12-13(18)17(8-9-6-7-9)11-5-3-1-2-4-10(11)15-12/h9H,1-8,14H2,(H,15,16). The van der Waals surface area contributed by atoms with Gasteiger partial charge in [0.1, 0.15) is 0 Å². The molecular formula is C13H20N4O. The molecule has 5 nitrogen and oxygen atoms in total. The molecule has 0 amide bonds. The van der Waals surface area contributed by atoms with Crippen LogP contribution in [0.5, 0.6) is 0 Å². The molecular weight excluding hydrogens is 228 g/mol. The van der Waals surface area contributed by atoms with Gasteiger partial charge in [0.2, 0.25) is 5.82 Å². The average molecular weight is 248 g/mol. The smallest absolute Gasteiger partial charge is 0.294 e. The van der Waals surface area contributed by atoms with Gasteiger partial charge >= 0.3 is 0 Å². The summed E-state index contributed by atoms with van der Waals surface area (Å²) < 4.78 is 1.93. The van der Waals surface area contributed by atoms with Crippen molar-refractivity contribution in [1.29, 1.82) is 0 Å². The molecule has 1 heterocycles. The number of nitrogens with two attached hydrogens (primary N) is 1. The minimum absolute atomic E-state index is 0.0509. The molecule has 0 radical (unpaired) electrons. The van der Waals surface area contributed by atoms with Gasteiger partial charge in [-0.15, -0.1) is 0 Å². The first kappa shape index (κ1) is 11.7. The Hall–Kier alpha value is -1.36. The van der Waals surface area contributed by atoms with E-state index in [0.29, 0.717) is 11.7 Å². The summed E-state index contributed by atoms with van der Waals surface area (Å²) in [5, 5.41) is 0. The first-order valence-corrected chi connectivity index (χ1v) is 6.89. The van der Waals surface area contributed by atoms with Gasteiger partial charge in [0.05, 0.1) is 5.69 Å². The number of hydrogen-bond acceptors (Lipinski definition) is 4. The number of nitrogens with one attached hydrogen (secondary N) is 1. The van der Waals surface area contributed by atoms with Crippen molar-refractivity contribution >= 4 is 5.82 Å². The molecule has 2 aliphatic carbocycles. The Morgan fingerprint density at radius 2 is 2.06 bits per heavy atom. The molecule has 3 N–H and O–H groups in total. The monoisotopic (exact) mass is 248 g/mol. The van der Waals surface area contributed by atoms with Crippen LogP contribution in [-0.4, -0.2) is 9.55 Å². The number of nitrogen functional groups attached to an aromatic ring is 1. The number of anilines is 1. The number of fused-ring (bicyclic) bond motifs is 1. The third kappa shape index (κ3) is 2.14. The molecule has 1 aromatic heterocycles. The SMILES string of the molecule is NNc1nc2c(n(CC3CC3)c1=O)CCCCC2. The minimum Gasteiger partial charge on any atom is -0.307 e. The van der Waals surface area contributed by atoms with Gasteiger partial charge in [-0.2, -0.15) is 0 Å². The third-order valence-corrected chi connectivity index (χ3v) is 3.95. The van der Waals surface area contributed by atoms with Crippen LogP contribution in [-0.2, 0) is 19.4 Å². The van der Waals surface area contributed by atoms with E-state index in [1.807, 2.05) is 4.57 Å². The number of nitrogens with zero attached hydrogens (tertiary/aromatic N) is 2. The minimum atomic E-state index is -0.0509. The number of aryl methyl sites for hydroxylation is 1. The van der Waals surface area contributed by atoms with Gasteiger partial charge in [-0.25, -0.2) is 10.8 Å². The molecule has 0 aromatic carbocycles. The molecule has 0 saturated heterocycles. The van der Waals surface area contributed by atoms with E-state index in [-0.39, 0.29) is 5.56 Å². The summed E-state index contributed by atoms with van der Waals surface area (Å²) in [6.45, 7) is 0.846. The van der Waals surface area contributed by atoms with Gasteiger partial charge in [-0.05, 0) is 44.4 Å². The molecule has 1 fully saturated rings. The lowest BCUT2D eigenvalue weighted by molar-refractivity contribution is 0.566. The molecule has 18 heavy (non-hydrogen) atoms. The average Bonchev–Trinajstić information content (AvgIpc) is 3.19. The van der Waals surface area contributed by atoms with Crippen LogP contribution in [0.25, 0.3) is 0 Å². The highest BCUT2D eigenvalue weighted by atomic mass is 16.1. The van der Waals surface area contributed by atoms with Gasteiger partial charge in [-0.3, -0.25) is 4.79 Å². The molecule has 2 aliphatic rings. The highest BCUT2D eigenvalue weighted by molar-refractivity contribution is 5.34. The Labute approximate surface area is 106 Å². The highest BCUT2D eigenvalue weighted by Crippen LogP contribution is 2.31. The van der Waals surface area contributed by atoms with Gasteiger partial charge in [0.15, 0.2) is 0 Å². The molecule has 5 heteroatoms. The Bertz CT molecular complexity index is 504. The van der Waals surface area contributed by atoms with Crippen molar-refractivity contribution in [2.75, 3.05) is 5.43 Å². The van der Waals surface area contributed by atoms with Crippen molar-refractivity contribution in [2.24, 2.45) is 11.8 Å². The summed E-state index contributed by atoms with van der Waals surface area (Å²) in [7, 11) is 0. The van der Waals surface area contributed by atoms with Crippen LogP contribution in [0.15, 0.2) is 4.79 Å². The zero-order valence-corrected chi connectivity index (χ0v) is 10.6. The van der Waals surface area contributed by atoms with Crippen molar-refractivity contribution < 1.29 is 0 Å². The number of rotatable bonds is 3. The van der Waals surface area contributed by atoms with Gasteiger partial charge in [-0.1, -0.05) is 6.42 Å². The lowest BCUT2D eigenvalue weighted by atomic mass is 10.2. The molecule has 1 aromatic rings. The molecule has 1 saturated carbocycles. The molecule has 98 valence electrons. The van der Waals surface area contributed by atoms with E-state index >= 15 is 0 Å². The Morgan fingerprint density at radius 1 is 1.28 bits per heavy atom. The van der Waals surface area contributed by atoms with Crippen molar-refractivity contribution in [2.45, 2.75) is 51.5 Å². The van der Waals surface area contributed by atoms with E-state index in [0.717, 1.165) is 43.6 Å². The summed E-state index contributed by atoms with van der Waals surface area (Å²) in [5.74, 6) is 6.40. The summed E-state index contributed by atoms with van der Waals surface area (Å²) in [6.07, 6.45) is 7.98.